The molecule has 150 valence electrons. The highest BCUT2D eigenvalue weighted by atomic mass is 32.1. The highest BCUT2D eigenvalue weighted by Crippen LogP contribution is 2.36. The molecule has 0 spiro atoms. The number of oxazole rings is 1. The average molecular weight is 413 g/mol. The Bertz CT molecular complexity index is 1060. The van der Waals surface area contributed by atoms with Crippen LogP contribution in [0.1, 0.15) is 18.2 Å². The quantitative estimate of drug-likeness (QED) is 0.623. The van der Waals surface area contributed by atoms with Gasteiger partial charge < -0.3 is 19.2 Å². The fourth-order valence-corrected chi connectivity index (χ4v) is 3.89. The second kappa shape index (κ2) is 7.25. The fraction of sp³-hybridized carbons (Fsp3) is 0.250. The van der Waals surface area contributed by atoms with Gasteiger partial charge in [0.25, 0.3) is 5.91 Å². The van der Waals surface area contributed by atoms with Gasteiger partial charge in [-0.3, -0.25) is 9.69 Å². The number of rotatable bonds is 6. The van der Waals surface area contributed by atoms with Crippen LogP contribution in [0.3, 0.4) is 0 Å². The predicted octanol–water partition coefficient (Wildman–Crippen LogP) is 3.39. The van der Waals surface area contributed by atoms with Gasteiger partial charge in [-0.1, -0.05) is 12.1 Å². The first kappa shape index (κ1) is 19.0. The van der Waals surface area contributed by atoms with Crippen molar-refractivity contribution in [2.45, 2.75) is 19.0 Å². The summed E-state index contributed by atoms with van der Waals surface area (Å²) in [6, 6.07) is 8.41. The van der Waals surface area contributed by atoms with E-state index < -0.39 is 11.6 Å². The molecule has 1 aliphatic rings. The third kappa shape index (κ3) is 3.23. The number of methoxy groups -OCH3 is 2. The van der Waals surface area contributed by atoms with Crippen LogP contribution in [-0.2, 0) is 16.9 Å². The normalized spacial score (nSPS) is 18.8. The number of carbonyl (C=O) groups excluding carboxylic acids is 2. The summed E-state index contributed by atoms with van der Waals surface area (Å²) in [5.74, 6) is 1.10. The number of carbonyl (C=O) groups is 2. The van der Waals surface area contributed by atoms with E-state index >= 15 is 0 Å². The molecule has 1 aromatic carbocycles. The lowest BCUT2D eigenvalue weighted by molar-refractivity contribution is -0.131. The van der Waals surface area contributed by atoms with Crippen LogP contribution in [0, 0.1) is 0 Å². The van der Waals surface area contributed by atoms with Crippen LogP contribution in [0.4, 0.5) is 4.79 Å². The van der Waals surface area contributed by atoms with Gasteiger partial charge in [0, 0.05) is 0 Å². The Morgan fingerprint density at radius 1 is 1.21 bits per heavy atom. The summed E-state index contributed by atoms with van der Waals surface area (Å²) in [6.07, 6.45) is 1.46. The van der Waals surface area contributed by atoms with E-state index in [2.05, 4.69) is 10.3 Å². The van der Waals surface area contributed by atoms with Gasteiger partial charge in [-0.05, 0) is 36.1 Å². The van der Waals surface area contributed by atoms with E-state index in [-0.39, 0.29) is 12.5 Å². The Balaban J connectivity index is 1.59. The minimum Gasteiger partial charge on any atom is -0.493 e. The molecule has 4 rings (SSSR count). The molecule has 1 atom stereocenters. The standard InChI is InChI=1S/C20H19N3O5S/c1-20(12-6-7-14(26-2)15(9-12)27-3)18(24)23(19(25)22-20)10-13-11-28-17(21-13)16-5-4-8-29-16/h4-9,11H,10H2,1-3H3,(H,22,25). The molecule has 3 amide bonds. The number of urea groups is 1. The lowest BCUT2D eigenvalue weighted by atomic mass is 9.91. The molecule has 2 aromatic heterocycles. The Hall–Kier alpha value is -3.33. The molecule has 29 heavy (non-hydrogen) atoms. The van der Waals surface area contributed by atoms with Crippen molar-refractivity contribution in [3.63, 3.8) is 0 Å². The van der Waals surface area contributed by atoms with Crippen LogP contribution in [0.5, 0.6) is 11.5 Å². The van der Waals surface area contributed by atoms with Gasteiger partial charge in [0.2, 0.25) is 5.89 Å². The van der Waals surface area contributed by atoms with Crippen molar-refractivity contribution >= 4 is 23.3 Å². The van der Waals surface area contributed by atoms with Crippen LogP contribution in [0.2, 0.25) is 0 Å². The minimum atomic E-state index is -1.23. The van der Waals surface area contributed by atoms with Crippen LogP contribution in [0.25, 0.3) is 10.8 Å². The Morgan fingerprint density at radius 2 is 2.00 bits per heavy atom. The molecule has 0 aliphatic carbocycles. The SMILES string of the molecule is COc1ccc(C2(C)NC(=O)N(Cc3coc(-c4cccs4)n3)C2=O)cc1OC. The maximum atomic E-state index is 13.1. The minimum absolute atomic E-state index is 0.0163. The van der Waals surface area contributed by atoms with Gasteiger partial charge >= 0.3 is 6.03 Å². The lowest BCUT2D eigenvalue weighted by Crippen LogP contribution is -2.40. The molecule has 1 N–H and O–H groups in total. The zero-order valence-electron chi connectivity index (χ0n) is 16.1. The van der Waals surface area contributed by atoms with Crippen LogP contribution < -0.4 is 14.8 Å². The smallest absolute Gasteiger partial charge is 0.325 e. The largest absolute Gasteiger partial charge is 0.493 e. The van der Waals surface area contributed by atoms with Crippen molar-refractivity contribution in [1.82, 2.24) is 15.2 Å². The summed E-state index contributed by atoms with van der Waals surface area (Å²) in [5, 5.41) is 4.70. The van der Waals surface area contributed by atoms with E-state index in [1.807, 2.05) is 17.5 Å². The summed E-state index contributed by atoms with van der Waals surface area (Å²) in [6.45, 7) is 1.68. The fourth-order valence-electron chi connectivity index (χ4n) is 3.24. The topological polar surface area (TPSA) is 93.9 Å². The number of nitrogens with one attached hydrogen (secondary N) is 1. The van der Waals surface area contributed by atoms with Crippen molar-refractivity contribution in [2.24, 2.45) is 0 Å². The zero-order valence-corrected chi connectivity index (χ0v) is 16.9. The summed E-state index contributed by atoms with van der Waals surface area (Å²) in [5.41, 5.74) is -0.138. The Labute approximate surface area is 171 Å². The molecule has 1 aliphatic heterocycles. The molecular weight excluding hydrogens is 394 g/mol. The van der Waals surface area contributed by atoms with E-state index in [1.54, 1.807) is 25.1 Å². The first-order chi connectivity index (χ1) is 14.0. The Kier molecular flexibility index (Phi) is 4.75. The van der Waals surface area contributed by atoms with E-state index in [4.69, 9.17) is 13.9 Å². The Morgan fingerprint density at radius 3 is 2.69 bits per heavy atom. The third-order valence-electron chi connectivity index (χ3n) is 4.84. The van der Waals surface area contributed by atoms with E-state index in [9.17, 15) is 9.59 Å². The van der Waals surface area contributed by atoms with Crippen molar-refractivity contribution < 1.29 is 23.5 Å². The second-order valence-corrected chi connectivity index (χ2v) is 7.59. The van der Waals surface area contributed by atoms with Crippen LogP contribution in [-0.4, -0.2) is 36.0 Å². The number of ether oxygens (including phenoxy) is 2. The van der Waals surface area contributed by atoms with Crippen molar-refractivity contribution in [3.8, 4) is 22.3 Å². The third-order valence-corrected chi connectivity index (χ3v) is 5.70. The highest BCUT2D eigenvalue weighted by Gasteiger charge is 2.49. The molecule has 1 fully saturated rings. The zero-order chi connectivity index (χ0) is 20.6. The van der Waals surface area contributed by atoms with E-state index in [1.165, 1.54) is 31.8 Å². The summed E-state index contributed by atoms with van der Waals surface area (Å²) in [4.78, 5) is 32.1. The number of thiophene rings is 1. The highest BCUT2D eigenvalue weighted by molar-refractivity contribution is 7.13. The van der Waals surface area contributed by atoms with Crippen LogP contribution in [0.15, 0.2) is 46.4 Å². The molecule has 9 heteroatoms. The summed E-state index contributed by atoms with van der Waals surface area (Å²) >= 11 is 1.50. The van der Waals surface area contributed by atoms with Gasteiger partial charge in [-0.2, -0.15) is 0 Å². The number of hydrogen-bond donors (Lipinski definition) is 1. The number of imide groups is 1. The molecule has 8 nitrogen and oxygen atoms in total. The summed E-state index contributed by atoms with van der Waals surface area (Å²) < 4.78 is 16.0. The second-order valence-electron chi connectivity index (χ2n) is 6.64. The predicted molar refractivity (Wildman–Crippen MR) is 106 cm³/mol. The number of benzene rings is 1. The molecule has 0 saturated carbocycles. The first-order valence-corrected chi connectivity index (χ1v) is 9.69. The average Bonchev–Trinajstić information content (AvgIpc) is 3.45. The molecule has 1 unspecified atom stereocenters. The van der Waals surface area contributed by atoms with Gasteiger partial charge in [-0.25, -0.2) is 9.78 Å². The molecule has 3 aromatic rings. The van der Waals surface area contributed by atoms with Gasteiger partial charge in [0.1, 0.15) is 11.8 Å². The summed E-state index contributed by atoms with van der Waals surface area (Å²) in [7, 11) is 3.05. The van der Waals surface area contributed by atoms with Gasteiger partial charge in [-0.15, -0.1) is 11.3 Å². The maximum Gasteiger partial charge on any atom is 0.325 e. The molecule has 0 bridgehead atoms. The van der Waals surface area contributed by atoms with Crippen molar-refractivity contribution in [2.75, 3.05) is 14.2 Å². The maximum absolute atomic E-state index is 13.1. The first-order valence-electron chi connectivity index (χ1n) is 8.81. The number of aromatic nitrogens is 1. The molecule has 3 heterocycles. The molecule has 0 radical (unpaired) electrons. The molecular formula is C20H19N3O5S. The number of amides is 3. The van der Waals surface area contributed by atoms with Crippen molar-refractivity contribution in [1.29, 1.82) is 0 Å². The van der Waals surface area contributed by atoms with E-state index in [0.717, 1.165) is 9.78 Å². The number of nitrogens with zero attached hydrogens (tertiary/aromatic N) is 2. The van der Waals surface area contributed by atoms with Gasteiger partial charge in [0.05, 0.1) is 31.3 Å². The van der Waals surface area contributed by atoms with E-state index in [0.29, 0.717) is 28.6 Å². The van der Waals surface area contributed by atoms with Gasteiger partial charge in [0.15, 0.2) is 11.5 Å². The lowest BCUT2D eigenvalue weighted by Gasteiger charge is -2.23. The monoisotopic (exact) mass is 413 g/mol. The molecule has 1 saturated heterocycles. The van der Waals surface area contributed by atoms with Crippen LogP contribution >= 0.6 is 11.3 Å². The number of hydrogen-bond acceptors (Lipinski definition) is 7. The van der Waals surface area contributed by atoms with Crippen molar-refractivity contribution in [3.05, 3.63) is 53.2 Å².